The summed E-state index contributed by atoms with van der Waals surface area (Å²) in [6.07, 6.45) is 0. The molecule has 1 N–H and O–H groups in total. The Bertz CT molecular complexity index is 330. The fraction of sp³-hybridized carbons (Fsp3) is 0.417. The lowest BCUT2D eigenvalue weighted by Gasteiger charge is -2.19. The largest absolute Gasteiger partial charge is 0.508 e. The van der Waals surface area contributed by atoms with Gasteiger partial charge in [-0.2, -0.15) is 0 Å². The maximum atomic E-state index is 11.6. The predicted octanol–water partition coefficient (Wildman–Crippen LogP) is 2.01. The van der Waals surface area contributed by atoms with Crippen molar-refractivity contribution in [3.05, 3.63) is 29.8 Å². The number of carbonyl (C=O) groups is 1. The Morgan fingerprint density at radius 1 is 1.33 bits per heavy atom. The summed E-state index contributed by atoms with van der Waals surface area (Å²) in [5.41, 5.74) is 1.02. The van der Waals surface area contributed by atoms with Crippen molar-refractivity contribution in [2.45, 2.75) is 20.4 Å². The molecule has 1 aromatic carbocycles. The Hall–Kier alpha value is -1.51. The standard InChI is InChI=1S/C12H17NO2/c1-9(2)12(15)13(3)8-10-4-6-11(14)7-5-10/h4-7,9,14H,8H2,1-3H3. The lowest BCUT2D eigenvalue weighted by atomic mass is 10.1. The lowest BCUT2D eigenvalue weighted by Crippen LogP contribution is -2.29. The quantitative estimate of drug-likeness (QED) is 0.823. The number of aromatic hydroxyl groups is 1. The van der Waals surface area contributed by atoms with Crippen LogP contribution in [0.5, 0.6) is 5.75 Å². The number of rotatable bonds is 3. The number of hydrogen-bond donors (Lipinski definition) is 1. The van der Waals surface area contributed by atoms with Crippen LogP contribution < -0.4 is 0 Å². The molecule has 0 bridgehead atoms. The van der Waals surface area contributed by atoms with E-state index in [9.17, 15) is 4.79 Å². The van der Waals surface area contributed by atoms with Gasteiger partial charge in [-0.15, -0.1) is 0 Å². The van der Waals surface area contributed by atoms with Gasteiger partial charge in [0.15, 0.2) is 0 Å². The van der Waals surface area contributed by atoms with Crippen molar-refractivity contribution in [2.24, 2.45) is 5.92 Å². The van der Waals surface area contributed by atoms with Crippen molar-refractivity contribution in [1.29, 1.82) is 0 Å². The van der Waals surface area contributed by atoms with Crippen molar-refractivity contribution in [1.82, 2.24) is 4.90 Å². The molecule has 0 saturated heterocycles. The highest BCUT2D eigenvalue weighted by molar-refractivity contribution is 5.77. The average molecular weight is 207 g/mol. The smallest absolute Gasteiger partial charge is 0.225 e. The number of carbonyl (C=O) groups excluding carboxylic acids is 1. The van der Waals surface area contributed by atoms with E-state index in [4.69, 9.17) is 5.11 Å². The Labute approximate surface area is 90.3 Å². The lowest BCUT2D eigenvalue weighted by molar-refractivity contribution is -0.133. The van der Waals surface area contributed by atoms with E-state index in [1.54, 1.807) is 24.1 Å². The average Bonchev–Trinajstić information content (AvgIpc) is 2.20. The zero-order valence-corrected chi connectivity index (χ0v) is 9.40. The number of amides is 1. The second-order valence-corrected chi connectivity index (χ2v) is 4.02. The molecule has 1 rings (SSSR count). The Morgan fingerprint density at radius 3 is 2.33 bits per heavy atom. The van der Waals surface area contributed by atoms with Gasteiger partial charge in [0.25, 0.3) is 0 Å². The van der Waals surface area contributed by atoms with Crippen LogP contribution in [0.15, 0.2) is 24.3 Å². The van der Waals surface area contributed by atoms with Gasteiger partial charge in [-0.05, 0) is 17.7 Å². The zero-order chi connectivity index (χ0) is 11.4. The molecule has 0 saturated carbocycles. The van der Waals surface area contributed by atoms with E-state index in [-0.39, 0.29) is 17.6 Å². The fourth-order valence-corrected chi connectivity index (χ4v) is 1.39. The monoisotopic (exact) mass is 207 g/mol. The molecule has 0 aliphatic heterocycles. The van der Waals surface area contributed by atoms with Gasteiger partial charge in [-0.1, -0.05) is 26.0 Å². The number of phenols is 1. The summed E-state index contributed by atoms with van der Waals surface area (Å²) < 4.78 is 0. The molecule has 82 valence electrons. The van der Waals surface area contributed by atoms with E-state index in [0.29, 0.717) is 6.54 Å². The van der Waals surface area contributed by atoms with Crippen LogP contribution in [0.3, 0.4) is 0 Å². The van der Waals surface area contributed by atoms with Crippen LogP contribution >= 0.6 is 0 Å². The van der Waals surface area contributed by atoms with E-state index in [0.717, 1.165) is 5.56 Å². The van der Waals surface area contributed by atoms with Crippen LogP contribution in [-0.4, -0.2) is 23.0 Å². The van der Waals surface area contributed by atoms with E-state index < -0.39 is 0 Å². The maximum absolute atomic E-state index is 11.6. The number of nitrogens with zero attached hydrogens (tertiary/aromatic N) is 1. The van der Waals surface area contributed by atoms with Gasteiger partial charge < -0.3 is 10.0 Å². The van der Waals surface area contributed by atoms with Crippen LogP contribution in [0.4, 0.5) is 0 Å². The van der Waals surface area contributed by atoms with Gasteiger partial charge in [0, 0.05) is 19.5 Å². The highest BCUT2D eigenvalue weighted by Crippen LogP contribution is 2.12. The Morgan fingerprint density at radius 2 is 1.87 bits per heavy atom. The Balaban J connectivity index is 2.62. The van der Waals surface area contributed by atoms with Gasteiger partial charge in [-0.25, -0.2) is 0 Å². The molecule has 0 spiro atoms. The summed E-state index contributed by atoms with van der Waals surface area (Å²) >= 11 is 0. The third-order valence-corrected chi connectivity index (χ3v) is 2.23. The molecule has 3 nitrogen and oxygen atoms in total. The van der Waals surface area contributed by atoms with Gasteiger partial charge in [0.05, 0.1) is 0 Å². The van der Waals surface area contributed by atoms with Crippen LogP contribution in [0, 0.1) is 5.92 Å². The van der Waals surface area contributed by atoms with Crippen LogP contribution in [0.25, 0.3) is 0 Å². The fourth-order valence-electron chi connectivity index (χ4n) is 1.39. The molecule has 1 aromatic rings. The molecule has 0 heterocycles. The molecule has 0 aliphatic carbocycles. The van der Waals surface area contributed by atoms with E-state index in [2.05, 4.69) is 0 Å². The molecule has 3 heteroatoms. The van der Waals surface area contributed by atoms with Crippen LogP contribution in [0.1, 0.15) is 19.4 Å². The molecular weight excluding hydrogens is 190 g/mol. The first kappa shape index (κ1) is 11.6. The SMILES string of the molecule is CC(C)C(=O)N(C)Cc1ccc(O)cc1. The predicted molar refractivity (Wildman–Crippen MR) is 59.4 cm³/mol. The first-order valence-corrected chi connectivity index (χ1v) is 5.03. The minimum Gasteiger partial charge on any atom is -0.508 e. The summed E-state index contributed by atoms with van der Waals surface area (Å²) in [6.45, 7) is 4.35. The maximum Gasteiger partial charge on any atom is 0.225 e. The van der Waals surface area contributed by atoms with Crippen molar-refractivity contribution in [2.75, 3.05) is 7.05 Å². The van der Waals surface area contributed by atoms with Gasteiger partial charge >= 0.3 is 0 Å². The van der Waals surface area contributed by atoms with Gasteiger partial charge in [0.2, 0.25) is 5.91 Å². The topological polar surface area (TPSA) is 40.5 Å². The number of phenolic OH excluding ortho intramolecular Hbond substituents is 1. The molecule has 0 atom stereocenters. The zero-order valence-electron chi connectivity index (χ0n) is 9.40. The molecule has 0 aliphatic rings. The molecule has 15 heavy (non-hydrogen) atoms. The highest BCUT2D eigenvalue weighted by atomic mass is 16.3. The number of benzene rings is 1. The van der Waals surface area contributed by atoms with Crippen LogP contribution in [-0.2, 0) is 11.3 Å². The third kappa shape index (κ3) is 3.27. The van der Waals surface area contributed by atoms with Crippen molar-refractivity contribution < 1.29 is 9.90 Å². The molecule has 0 unspecified atom stereocenters. The second-order valence-electron chi connectivity index (χ2n) is 4.02. The first-order valence-electron chi connectivity index (χ1n) is 5.03. The normalized spacial score (nSPS) is 10.4. The second kappa shape index (κ2) is 4.82. The summed E-state index contributed by atoms with van der Waals surface area (Å²) in [7, 11) is 1.79. The molecule has 0 aromatic heterocycles. The summed E-state index contributed by atoms with van der Waals surface area (Å²) in [4.78, 5) is 13.3. The third-order valence-electron chi connectivity index (χ3n) is 2.23. The first-order chi connectivity index (χ1) is 7.00. The van der Waals surface area contributed by atoms with Crippen LogP contribution in [0.2, 0.25) is 0 Å². The van der Waals surface area contributed by atoms with E-state index >= 15 is 0 Å². The summed E-state index contributed by atoms with van der Waals surface area (Å²) in [6, 6.07) is 6.89. The van der Waals surface area contributed by atoms with E-state index in [1.165, 1.54) is 0 Å². The van der Waals surface area contributed by atoms with E-state index in [1.807, 2.05) is 26.0 Å². The molecule has 1 amide bonds. The number of hydrogen-bond acceptors (Lipinski definition) is 2. The Kier molecular flexibility index (Phi) is 3.72. The van der Waals surface area contributed by atoms with Crippen molar-refractivity contribution in [3.63, 3.8) is 0 Å². The minimum atomic E-state index is 0.0205. The molecule has 0 radical (unpaired) electrons. The van der Waals surface area contributed by atoms with Gasteiger partial charge in [0.1, 0.15) is 5.75 Å². The summed E-state index contributed by atoms with van der Waals surface area (Å²) in [5, 5.41) is 9.11. The summed E-state index contributed by atoms with van der Waals surface area (Å²) in [5.74, 6) is 0.395. The van der Waals surface area contributed by atoms with Crippen molar-refractivity contribution >= 4 is 5.91 Å². The molecule has 0 fully saturated rings. The highest BCUT2D eigenvalue weighted by Gasteiger charge is 2.12. The van der Waals surface area contributed by atoms with Crippen molar-refractivity contribution in [3.8, 4) is 5.75 Å². The van der Waals surface area contributed by atoms with Gasteiger partial charge in [-0.3, -0.25) is 4.79 Å². The molecular formula is C12H17NO2. The minimum absolute atomic E-state index is 0.0205.